The molecule has 0 saturated carbocycles. The second-order valence-corrected chi connectivity index (χ2v) is 4.42. The van der Waals surface area contributed by atoms with Crippen LogP contribution in [-0.2, 0) is 0 Å². The van der Waals surface area contributed by atoms with Gasteiger partial charge in [-0.3, -0.25) is 4.79 Å². The molecule has 88 valence electrons. The van der Waals surface area contributed by atoms with E-state index in [4.69, 9.17) is 0 Å². The zero-order valence-electron chi connectivity index (χ0n) is 8.46. The monoisotopic (exact) mass is 248 g/mol. The molecule has 0 fully saturated rings. The number of thioether (sulfide) groups is 1. The van der Waals surface area contributed by atoms with E-state index in [-0.39, 0.29) is 6.42 Å². The minimum atomic E-state index is -4.07. The summed E-state index contributed by atoms with van der Waals surface area (Å²) in [6, 6.07) is 6.78. The molecule has 1 aromatic rings. The third-order valence-electron chi connectivity index (χ3n) is 1.89. The van der Waals surface area contributed by atoms with Gasteiger partial charge in [-0.05, 0) is 24.3 Å². The minimum absolute atomic E-state index is 0.115. The van der Waals surface area contributed by atoms with Crippen LogP contribution < -0.4 is 0 Å². The van der Waals surface area contributed by atoms with E-state index < -0.39 is 12.6 Å². The molecule has 0 amide bonds. The van der Waals surface area contributed by atoms with Gasteiger partial charge < -0.3 is 0 Å². The Bertz CT molecular complexity index is 332. The number of alkyl halides is 3. The molecular formula is C11H11F3OS. The second kappa shape index (κ2) is 5.94. The molecule has 0 aromatic heterocycles. The first-order chi connectivity index (χ1) is 7.51. The van der Waals surface area contributed by atoms with Crippen LogP contribution in [-0.4, -0.2) is 18.2 Å². The molecule has 5 heteroatoms. The van der Waals surface area contributed by atoms with Crippen molar-refractivity contribution in [2.24, 2.45) is 0 Å². The van der Waals surface area contributed by atoms with Crippen LogP contribution in [0.1, 0.15) is 23.2 Å². The number of hydrogen-bond donors (Lipinski definition) is 0. The molecule has 1 aromatic carbocycles. The van der Waals surface area contributed by atoms with Gasteiger partial charge in [0.05, 0.1) is 0 Å². The smallest absolute Gasteiger partial charge is 0.298 e. The standard InChI is InChI=1S/C11H11F3OS/c12-11(13,14)6-1-7-16-10-4-2-9(8-15)3-5-10/h2-5,8H,1,6-7H2. The molecule has 0 saturated heterocycles. The summed E-state index contributed by atoms with van der Waals surface area (Å²) in [6.07, 6.45) is -3.96. The lowest BCUT2D eigenvalue weighted by Gasteiger charge is -2.05. The van der Waals surface area contributed by atoms with Crippen LogP contribution in [0.3, 0.4) is 0 Å². The van der Waals surface area contributed by atoms with Crippen molar-refractivity contribution in [2.75, 3.05) is 5.75 Å². The van der Waals surface area contributed by atoms with Crippen molar-refractivity contribution >= 4 is 18.0 Å². The van der Waals surface area contributed by atoms with Crippen LogP contribution in [0.2, 0.25) is 0 Å². The van der Waals surface area contributed by atoms with Crippen LogP contribution in [0, 0.1) is 0 Å². The molecule has 1 nitrogen and oxygen atoms in total. The number of aldehydes is 1. The highest BCUT2D eigenvalue weighted by atomic mass is 32.2. The first-order valence-corrected chi connectivity index (χ1v) is 5.74. The number of halogens is 3. The Hall–Kier alpha value is -0.970. The van der Waals surface area contributed by atoms with Gasteiger partial charge in [0, 0.05) is 16.9 Å². The average molecular weight is 248 g/mol. The Labute approximate surface area is 96.0 Å². The van der Waals surface area contributed by atoms with Crippen LogP contribution in [0.4, 0.5) is 13.2 Å². The van der Waals surface area contributed by atoms with Crippen molar-refractivity contribution in [2.45, 2.75) is 23.9 Å². The Morgan fingerprint density at radius 3 is 2.31 bits per heavy atom. The summed E-state index contributed by atoms with van der Waals surface area (Å²) in [4.78, 5) is 11.2. The molecule has 0 aliphatic rings. The van der Waals surface area contributed by atoms with Crippen LogP contribution >= 0.6 is 11.8 Å². The van der Waals surface area contributed by atoms with Crippen molar-refractivity contribution in [3.05, 3.63) is 29.8 Å². The first-order valence-electron chi connectivity index (χ1n) is 4.76. The lowest BCUT2D eigenvalue weighted by Crippen LogP contribution is -2.06. The highest BCUT2D eigenvalue weighted by Gasteiger charge is 2.25. The minimum Gasteiger partial charge on any atom is -0.298 e. The van der Waals surface area contributed by atoms with Crippen molar-refractivity contribution in [3.8, 4) is 0 Å². The molecule has 0 N–H and O–H groups in total. The quantitative estimate of drug-likeness (QED) is 0.446. The maximum absolute atomic E-state index is 11.8. The van der Waals surface area contributed by atoms with E-state index >= 15 is 0 Å². The summed E-state index contributed by atoms with van der Waals surface area (Å²) in [7, 11) is 0. The summed E-state index contributed by atoms with van der Waals surface area (Å²) in [5.74, 6) is 0.431. The van der Waals surface area contributed by atoms with Gasteiger partial charge >= 0.3 is 6.18 Å². The summed E-state index contributed by atoms with van der Waals surface area (Å²) >= 11 is 1.36. The Kier molecular flexibility index (Phi) is 4.86. The van der Waals surface area contributed by atoms with E-state index in [2.05, 4.69) is 0 Å². The topological polar surface area (TPSA) is 17.1 Å². The largest absolute Gasteiger partial charge is 0.389 e. The maximum atomic E-state index is 11.8. The SMILES string of the molecule is O=Cc1ccc(SCCCC(F)(F)F)cc1. The predicted octanol–water partition coefficient (Wildman–Crippen LogP) is 3.93. The number of hydrogen-bond acceptors (Lipinski definition) is 2. The number of carbonyl (C=O) groups is 1. The van der Waals surface area contributed by atoms with Crippen molar-refractivity contribution < 1.29 is 18.0 Å². The fourth-order valence-electron chi connectivity index (χ4n) is 1.11. The molecule has 1 rings (SSSR count). The summed E-state index contributed by atoms with van der Waals surface area (Å²) in [6.45, 7) is 0. The average Bonchev–Trinajstić information content (AvgIpc) is 2.24. The van der Waals surface area contributed by atoms with Gasteiger partial charge in [0.1, 0.15) is 6.29 Å². The zero-order chi connectivity index (χ0) is 12.0. The number of carbonyl (C=O) groups excluding carboxylic acids is 1. The van der Waals surface area contributed by atoms with E-state index in [1.807, 2.05) is 0 Å². The molecule has 16 heavy (non-hydrogen) atoms. The van der Waals surface area contributed by atoms with Crippen LogP contribution in [0.25, 0.3) is 0 Å². The molecule has 0 heterocycles. The second-order valence-electron chi connectivity index (χ2n) is 3.25. The van der Waals surface area contributed by atoms with Gasteiger partial charge in [-0.2, -0.15) is 13.2 Å². The van der Waals surface area contributed by atoms with Crippen molar-refractivity contribution in [1.82, 2.24) is 0 Å². The third-order valence-corrected chi connectivity index (χ3v) is 2.99. The Balaban J connectivity index is 2.29. The fraction of sp³-hybridized carbons (Fsp3) is 0.364. The summed E-state index contributed by atoms with van der Waals surface area (Å²) < 4.78 is 35.5. The van der Waals surface area contributed by atoms with Gasteiger partial charge in [-0.25, -0.2) is 0 Å². The number of benzene rings is 1. The lowest BCUT2D eigenvalue weighted by atomic mass is 10.2. The highest BCUT2D eigenvalue weighted by Crippen LogP contribution is 2.25. The molecule has 0 aliphatic carbocycles. The molecule has 0 aliphatic heterocycles. The van der Waals surface area contributed by atoms with Crippen molar-refractivity contribution in [1.29, 1.82) is 0 Å². The lowest BCUT2D eigenvalue weighted by molar-refractivity contribution is -0.134. The maximum Gasteiger partial charge on any atom is 0.389 e. The predicted molar refractivity (Wildman–Crippen MR) is 57.8 cm³/mol. The first kappa shape index (κ1) is 13.1. The Morgan fingerprint density at radius 1 is 1.19 bits per heavy atom. The molecule has 0 bridgehead atoms. The van der Waals surface area contributed by atoms with Gasteiger partial charge in [0.25, 0.3) is 0 Å². The molecule has 0 spiro atoms. The van der Waals surface area contributed by atoms with Crippen molar-refractivity contribution in [3.63, 3.8) is 0 Å². The van der Waals surface area contributed by atoms with Gasteiger partial charge in [0.2, 0.25) is 0 Å². The molecule has 0 radical (unpaired) electrons. The van der Waals surface area contributed by atoms with E-state index in [9.17, 15) is 18.0 Å². The third kappa shape index (κ3) is 5.21. The van der Waals surface area contributed by atoms with Gasteiger partial charge in [-0.1, -0.05) is 12.1 Å². The molecule has 0 atom stereocenters. The van der Waals surface area contributed by atoms with E-state index in [0.717, 1.165) is 11.2 Å². The van der Waals surface area contributed by atoms with E-state index in [0.29, 0.717) is 11.3 Å². The fourth-order valence-corrected chi connectivity index (χ4v) is 1.96. The van der Waals surface area contributed by atoms with Crippen LogP contribution in [0.15, 0.2) is 29.2 Å². The normalized spacial score (nSPS) is 11.4. The number of rotatable bonds is 5. The zero-order valence-corrected chi connectivity index (χ0v) is 9.27. The molecular weight excluding hydrogens is 237 g/mol. The van der Waals surface area contributed by atoms with Gasteiger partial charge in [0.15, 0.2) is 0 Å². The highest BCUT2D eigenvalue weighted by molar-refractivity contribution is 7.99. The van der Waals surface area contributed by atoms with Crippen LogP contribution in [0.5, 0.6) is 0 Å². The summed E-state index contributed by atoms with van der Waals surface area (Å²) in [5, 5.41) is 0. The van der Waals surface area contributed by atoms with E-state index in [1.165, 1.54) is 11.8 Å². The molecule has 0 unspecified atom stereocenters. The summed E-state index contributed by atoms with van der Waals surface area (Å²) in [5.41, 5.74) is 0.569. The Morgan fingerprint density at radius 2 is 1.81 bits per heavy atom. The van der Waals surface area contributed by atoms with E-state index in [1.54, 1.807) is 24.3 Å². The van der Waals surface area contributed by atoms with Gasteiger partial charge in [-0.15, -0.1) is 11.8 Å².